The standard InChI is InChI=1S/C21H21N3O3.ClH/c22-17-4-1-5-18-16(17)3-2-12-23(18)21(27)15-8-6-14(7-9-15)13-24-19(25)10-11-20(24)26;/h1,4-9H,2-3,10-13,22H2;1H. The second-order valence-corrected chi connectivity index (χ2v) is 6.98. The van der Waals surface area contributed by atoms with Crippen molar-refractivity contribution in [1.29, 1.82) is 0 Å². The number of benzene rings is 2. The number of carbonyl (C=O) groups is 3. The van der Waals surface area contributed by atoms with Gasteiger partial charge in [-0.05, 0) is 48.2 Å². The van der Waals surface area contributed by atoms with Crippen LogP contribution in [0.1, 0.15) is 40.7 Å². The lowest BCUT2D eigenvalue weighted by Gasteiger charge is -2.30. The molecule has 2 heterocycles. The Morgan fingerprint density at radius 3 is 2.32 bits per heavy atom. The highest BCUT2D eigenvalue weighted by atomic mass is 35.5. The summed E-state index contributed by atoms with van der Waals surface area (Å²) in [7, 11) is 0. The first kappa shape index (κ1) is 19.9. The van der Waals surface area contributed by atoms with Crippen molar-refractivity contribution in [3.05, 3.63) is 59.2 Å². The number of nitrogens with zero attached hydrogens (tertiary/aromatic N) is 2. The minimum absolute atomic E-state index is 0. The molecule has 0 unspecified atom stereocenters. The van der Waals surface area contributed by atoms with Gasteiger partial charge in [-0.1, -0.05) is 18.2 Å². The summed E-state index contributed by atoms with van der Waals surface area (Å²) < 4.78 is 0. The minimum Gasteiger partial charge on any atom is -0.398 e. The fourth-order valence-corrected chi connectivity index (χ4v) is 3.75. The van der Waals surface area contributed by atoms with Crippen LogP contribution in [0.25, 0.3) is 0 Å². The van der Waals surface area contributed by atoms with E-state index >= 15 is 0 Å². The van der Waals surface area contributed by atoms with Gasteiger partial charge in [-0.2, -0.15) is 0 Å². The summed E-state index contributed by atoms with van der Waals surface area (Å²) in [5.41, 5.74) is 10.1. The van der Waals surface area contributed by atoms with Crippen molar-refractivity contribution in [2.75, 3.05) is 17.2 Å². The van der Waals surface area contributed by atoms with Crippen molar-refractivity contribution in [1.82, 2.24) is 4.90 Å². The molecule has 0 radical (unpaired) electrons. The Bertz CT molecular complexity index is 911. The summed E-state index contributed by atoms with van der Waals surface area (Å²) in [4.78, 5) is 39.6. The van der Waals surface area contributed by atoms with Crippen LogP contribution in [0.15, 0.2) is 42.5 Å². The predicted molar refractivity (Wildman–Crippen MR) is 109 cm³/mol. The van der Waals surface area contributed by atoms with E-state index in [9.17, 15) is 14.4 Å². The lowest BCUT2D eigenvalue weighted by molar-refractivity contribution is -0.139. The molecule has 1 fully saturated rings. The molecular weight excluding hydrogens is 378 g/mol. The monoisotopic (exact) mass is 399 g/mol. The summed E-state index contributed by atoms with van der Waals surface area (Å²) in [5, 5.41) is 0. The van der Waals surface area contributed by atoms with Crippen LogP contribution in [0, 0.1) is 0 Å². The van der Waals surface area contributed by atoms with Crippen LogP contribution in [-0.2, 0) is 22.6 Å². The number of rotatable bonds is 3. The zero-order valence-electron chi connectivity index (χ0n) is 15.4. The molecule has 28 heavy (non-hydrogen) atoms. The molecule has 3 amide bonds. The lowest BCUT2D eigenvalue weighted by Crippen LogP contribution is -2.35. The predicted octanol–water partition coefficient (Wildman–Crippen LogP) is 2.93. The summed E-state index contributed by atoms with van der Waals surface area (Å²) in [6.07, 6.45) is 2.33. The Labute approximate surface area is 169 Å². The van der Waals surface area contributed by atoms with Gasteiger partial charge in [0, 0.05) is 36.3 Å². The molecule has 4 rings (SSSR count). The average Bonchev–Trinajstić information content (AvgIpc) is 3.00. The molecule has 0 aliphatic carbocycles. The number of hydrogen-bond acceptors (Lipinski definition) is 4. The summed E-state index contributed by atoms with van der Waals surface area (Å²) in [5.74, 6) is -0.341. The third kappa shape index (κ3) is 3.60. The quantitative estimate of drug-likeness (QED) is 0.635. The molecular formula is C21H22ClN3O3. The number of imide groups is 1. The maximum atomic E-state index is 13.0. The fraction of sp³-hybridized carbons (Fsp3) is 0.286. The lowest BCUT2D eigenvalue weighted by atomic mass is 9.99. The molecule has 7 heteroatoms. The minimum atomic E-state index is -0.136. The zero-order valence-corrected chi connectivity index (χ0v) is 16.2. The largest absolute Gasteiger partial charge is 0.398 e. The third-order valence-electron chi connectivity index (χ3n) is 5.23. The number of carbonyl (C=O) groups excluding carboxylic acids is 3. The number of nitrogens with two attached hydrogens (primary N) is 1. The Morgan fingerprint density at radius 2 is 1.64 bits per heavy atom. The van der Waals surface area contributed by atoms with Crippen molar-refractivity contribution in [2.45, 2.75) is 32.2 Å². The van der Waals surface area contributed by atoms with Crippen LogP contribution in [0.3, 0.4) is 0 Å². The molecule has 0 bridgehead atoms. The highest BCUT2D eigenvalue weighted by Gasteiger charge is 2.29. The van der Waals surface area contributed by atoms with Crippen LogP contribution < -0.4 is 10.6 Å². The van der Waals surface area contributed by atoms with Crippen molar-refractivity contribution in [2.24, 2.45) is 0 Å². The number of nitrogen functional groups attached to an aromatic ring is 1. The van der Waals surface area contributed by atoms with E-state index in [2.05, 4.69) is 0 Å². The Kier molecular flexibility index (Phi) is 5.70. The molecule has 2 N–H and O–H groups in total. The van der Waals surface area contributed by atoms with Gasteiger partial charge < -0.3 is 10.6 Å². The number of fused-ring (bicyclic) bond motifs is 1. The maximum absolute atomic E-state index is 13.0. The maximum Gasteiger partial charge on any atom is 0.258 e. The van der Waals surface area contributed by atoms with Crippen LogP contribution in [0.2, 0.25) is 0 Å². The molecule has 2 aromatic rings. The van der Waals surface area contributed by atoms with Gasteiger partial charge in [-0.15, -0.1) is 12.4 Å². The second kappa shape index (κ2) is 8.02. The van der Waals surface area contributed by atoms with E-state index < -0.39 is 0 Å². The fourth-order valence-electron chi connectivity index (χ4n) is 3.75. The number of amides is 3. The summed E-state index contributed by atoms with van der Waals surface area (Å²) in [6.45, 7) is 0.920. The second-order valence-electron chi connectivity index (χ2n) is 6.98. The Balaban J connectivity index is 0.00000225. The van der Waals surface area contributed by atoms with Crippen LogP contribution in [0.4, 0.5) is 11.4 Å². The molecule has 0 spiro atoms. The van der Waals surface area contributed by atoms with E-state index in [0.29, 0.717) is 12.1 Å². The van der Waals surface area contributed by atoms with Gasteiger partial charge in [0.05, 0.1) is 6.54 Å². The van der Waals surface area contributed by atoms with Gasteiger partial charge in [0.2, 0.25) is 11.8 Å². The highest BCUT2D eigenvalue weighted by molar-refractivity contribution is 6.07. The highest BCUT2D eigenvalue weighted by Crippen LogP contribution is 2.32. The van der Waals surface area contributed by atoms with Gasteiger partial charge in [-0.25, -0.2) is 0 Å². The molecule has 0 saturated carbocycles. The number of anilines is 2. The number of likely N-dealkylation sites (tertiary alicyclic amines) is 1. The first-order valence-corrected chi connectivity index (χ1v) is 9.16. The van der Waals surface area contributed by atoms with E-state index in [0.717, 1.165) is 35.3 Å². The van der Waals surface area contributed by atoms with Crippen LogP contribution >= 0.6 is 12.4 Å². The zero-order chi connectivity index (χ0) is 19.0. The van der Waals surface area contributed by atoms with Crippen molar-refractivity contribution in [3.8, 4) is 0 Å². The number of halogens is 1. The molecule has 6 nitrogen and oxygen atoms in total. The van der Waals surface area contributed by atoms with E-state index in [-0.39, 0.29) is 49.5 Å². The van der Waals surface area contributed by atoms with Gasteiger partial charge >= 0.3 is 0 Å². The van der Waals surface area contributed by atoms with E-state index in [1.807, 2.05) is 18.2 Å². The molecule has 0 aromatic heterocycles. The van der Waals surface area contributed by atoms with E-state index in [1.54, 1.807) is 29.2 Å². The third-order valence-corrected chi connectivity index (χ3v) is 5.23. The molecule has 1 saturated heterocycles. The first-order valence-electron chi connectivity index (χ1n) is 9.16. The molecule has 2 aromatic carbocycles. The summed E-state index contributed by atoms with van der Waals surface area (Å²) >= 11 is 0. The van der Waals surface area contributed by atoms with Crippen LogP contribution in [0.5, 0.6) is 0 Å². The smallest absolute Gasteiger partial charge is 0.258 e. The van der Waals surface area contributed by atoms with Gasteiger partial charge in [0.1, 0.15) is 0 Å². The van der Waals surface area contributed by atoms with E-state index in [1.165, 1.54) is 4.90 Å². The molecule has 0 atom stereocenters. The summed E-state index contributed by atoms with van der Waals surface area (Å²) in [6, 6.07) is 12.8. The van der Waals surface area contributed by atoms with Crippen molar-refractivity contribution < 1.29 is 14.4 Å². The van der Waals surface area contributed by atoms with Gasteiger partial charge in [0.15, 0.2) is 0 Å². The number of hydrogen-bond donors (Lipinski definition) is 1. The SMILES string of the molecule is Cl.Nc1cccc2c1CCCN2C(=O)c1ccc(CN2C(=O)CCC2=O)cc1. The molecule has 146 valence electrons. The molecule has 2 aliphatic heterocycles. The van der Waals surface area contributed by atoms with Crippen molar-refractivity contribution in [3.63, 3.8) is 0 Å². The van der Waals surface area contributed by atoms with Crippen LogP contribution in [-0.4, -0.2) is 29.2 Å². The Morgan fingerprint density at radius 1 is 0.964 bits per heavy atom. The topological polar surface area (TPSA) is 83.7 Å². The Hall–Kier alpha value is -2.86. The van der Waals surface area contributed by atoms with Crippen molar-refractivity contribution >= 4 is 41.5 Å². The van der Waals surface area contributed by atoms with Gasteiger partial charge in [-0.3, -0.25) is 19.3 Å². The molecule has 2 aliphatic rings. The van der Waals surface area contributed by atoms with Gasteiger partial charge in [0.25, 0.3) is 5.91 Å². The first-order chi connectivity index (χ1) is 13.0. The average molecular weight is 400 g/mol. The normalized spacial score (nSPS) is 16.0. The van der Waals surface area contributed by atoms with E-state index in [4.69, 9.17) is 5.73 Å².